The fraction of sp³-hybridized carbons (Fsp3) is 0.222. The third-order valence-corrected chi connectivity index (χ3v) is 2.97. The van der Waals surface area contributed by atoms with Crippen molar-refractivity contribution in [2.75, 3.05) is 5.32 Å². The van der Waals surface area contributed by atoms with E-state index in [1.807, 2.05) is 24.3 Å². The van der Waals surface area contributed by atoms with Crippen LogP contribution in [0.4, 0.5) is 5.69 Å². The summed E-state index contributed by atoms with van der Waals surface area (Å²) >= 11 is 0.536. The second kappa shape index (κ2) is 4.29. The Balaban J connectivity index is 2.71. The van der Waals surface area contributed by atoms with Gasteiger partial charge in [0.15, 0.2) is 0 Å². The SMILES string of the molecule is C[Se]c1ccc(NC(C)=O)cc1. The summed E-state index contributed by atoms with van der Waals surface area (Å²) in [6.07, 6.45) is 0. The number of rotatable bonds is 2. The summed E-state index contributed by atoms with van der Waals surface area (Å²) in [6.45, 7) is 1.51. The zero-order chi connectivity index (χ0) is 8.97. The molecule has 0 aliphatic rings. The van der Waals surface area contributed by atoms with Crippen LogP contribution >= 0.6 is 0 Å². The summed E-state index contributed by atoms with van der Waals surface area (Å²) in [5.74, 6) is 2.14. The van der Waals surface area contributed by atoms with E-state index in [4.69, 9.17) is 0 Å². The summed E-state index contributed by atoms with van der Waals surface area (Å²) in [5.41, 5.74) is 0.871. The van der Waals surface area contributed by atoms with E-state index in [0.717, 1.165) is 5.69 Å². The van der Waals surface area contributed by atoms with E-state index in [-0.39, 0.29) is 5.91 Å². The van der Waals surface area contributed by atoms with E-state index in [1.54, 1.807) is 0 Å². The van der Waals surface area contributed by atoms with Crippen LogP contribution in [0.2, 0.25) is 5.82 Å². The second-order valence-corrected chi connectivity index (χ2v) is 4.26. The molecule has 0 saturated carbocycles. The molecule has 1 N–H and O–H groups in total. The summed E-state index contributed by atoms with van der Waals surface area (Å²) in [4.78, 5) is 10.7. The minimum absolute atomic E-state index is 0.0234. The van der Waals surface area contributed by atoms with Crippen LogP contribution in [-0.4, -0.2) is 20.9 Å². The van der Waals surface area contributed by atoms with Crippen LogP contribution in [0, 0.1) is 0 Å². The first-order valence-electron chi connectivity index (χ1n) is 3.64. The number of hydrogen-bond acceptors (Lipinski definition) is 1. The van der Waals surface area contributed by atoms with Crippen LogP contribution in [0.25, 0.3) is 0 Å². The van der Waals surface area contributed by atoms with Gasteiger partial charge < -0.3 is 0 Å². The molecule has 0 saturated heterocycles. The zero-order valence-electron chi connectivity index (χ0n) is 7.13. The van der Waals surface area contributed by atoms with Gasteiger partial charge in [0.25, 0.3) is 0 Å². The van der Waals surface area contributed by atoms with Crippen LogP contribution < -0.4 is 9.78 Å². The Morgan fingerprint density at radius 3 is 2.33 bits per heavy atom. The van der Waals surface area contributed by atoms with E-state index in [0.29, 0.717) is 15.0 Å². The predicted octanol–water partition coefficient (Wildman–Crippen LogP) is 1.02. The van der Waals surface area contributed by atoms with Crippen LogP contribution in [0.5, 0.6) is 0 Å². The van der Waals surface area contributed by atoms with E-state index < -0.39 is 0 Å². The van der Waals surface area contributed by atoms with Gasteiger partial charge in [-0.3, -0.25) is 0 Å². The average molecular weight is 228 g/mol. The summed E-state index contributed by atoms with van der Waals surface area (Å²) < 4.78 is 1.34. The quantitative estimate of drug-likeness (QED) is 0.752. The molecule has 0 fully saturated rings. The van der Waals surface area contributed by atoms with Crippen LogP contribution in [-0.2, 0) is 4.79 Å². The van der Waals surface area contributed by atoms with Crippen molar-refractivity contribution >= 4 is 31.0 Å². The molecule has 1 amide bonds. The molecule has 2 nitrogen and oxygen atoms in total. The van der Waals surface area contributed by atoms with Crippen molar-refractivity contribution in [2.45, 2.75) is 12.7 Å². The molecule has 12 heavy (non-hydrogen) atoms. The molecule has 1 aromatic rings. The topological polar surface area (TPSA) is 29.1 Å². The van der Waals surface area contributed by atoms with Crippen molar-refractivity contribution < 1.29 is 4.79 Å². The fourth-order valence-corrected chi connectivity index (χ4v) is 1.73. The average Bonchev–Trinajstić information content (AvgIpc) is 2.05. The van der Waals surface area contributed by atoms with E-state index >= 15 is 0 Å². The molecule has 0 unspecified atom stereocenters. The van der Waals surface area contributed by atoms with Crippen molar-refractivity contribution in [3.8, 4) is 0 Å². The van der Waals surface area contributed by atoms with Crippen LogP contribution in [0.1, 0.15) is 6.92 Å². The summed E-state index contributed by atoms with van der Waals surface area (Å²) in [6, 6.07) is 7.96. The van der Waals surface area contributed by atoms with Gasteiger partial charge in [-0.05, 0) is 0 Å². The molecule has 0 aliphatic carbocycles. The third kappa shape index (κ3) is 2.68. The van der Waals surface area contributed by atoms with E-state index in [1.165, 1.54) is 11.4 Å². The molecule has 3 heteroatoms. The molecule has 0 aliphatic heterocycles. The number of carbonyl (C=O) groups excluding carboxylic acids is 1. The predicted molar refractivity (Wildman–Crippen MR) is 52.0 cm³/mol. The number of benzene rings is 1. The molecule has 1 rings (SSSR count). The molecular weight excluding hydrogens is 217 g/mol. The molecule has 0 bridgehead atoms. The van der Waals surface area contributed by atoms with Crippen molar-refractivity contribution in [1.29, 1.82) is 0 Å². The van der Waals surface area contributed by atoms with Gasteiger partial charge in [-0.15, -0.1) is 0 Å². The molecule has 0 atom stereocenters. The Hall–Kier alpha value is -0.791. The van der Waals surface area contributed by atoms with Crippen molar-refractivity contribution in [2.24, 2.45) is 0 Å². The Morgan fingerprint density at radius 1 is 1.33 bits per heavy atom. The van der Waals surface area contributed by atoms with Gasteiger partial charge in [-0.25, -0.2) is 0 Å². The molecule has 0 radical (unpaired) electrons. The minimum atomic E-state index is -0.0234. The van der Waals surface area contributed by atoms with Crippen molar-refractivity contribution in [3.63, 3.8) is 0 Å². The summed E-state index contributed by atoms with van der Waals surface area (Å²) in [7, 11) is 0. The maximum atomic E-state index is 10.7. The van der Waals surface area contributed by atoms with Gasteiger partial charge in [0, 0.05) is 0 Å². The molecule has 0 spiro atoms. The third-order valence-electron chi connectivity index (χ3n) is 1.41. The molecule has 64 valence electrons. The van der Waals surface area contributed by atoms with Crippen molar-refractivity contribution in [3.05, 3.63) is 24.3 Å². The first-order chi connectivity index (χ1) is 5.72. The Labute approximate surface area is 78.5 Å². The van der Waals surface area contributed by atoms with Crippen LogP contribution in [0.3, 0.4) is 0 Å². The Morgan fingerprint density at radius 2 is 1.92 bits per heavy atom. The number of carbonyl (C=O) groups is 1. The molecule has 1 aromatic carbocycles. The zero-order valence-corrected chi connectivity index (χ0v) is 8.84. The molecule has 0 heterocycles. The number of anilines is 1. The van der Waals surface area contributed by atoms with Gasteiger partial charge in [-0.1, -0.05) is 0 Å². The van der Waals surface area contributed by atoms with E-state index in [9.17, 15) is 4.79 Å². The molecular formula is C9H11NOSe. The Bertz CT molecular complexity index is 268. The van der Waals surface area contributed by atoms with Crippen molar-refractivity contribution in [1.82, 2.24) is 0 Å². The van der Waals surface area contributed by atoms with Crippen LogP contribution in [0.15, 0.2) is 24.3 Å². The van der Waals surface area contributed by atoms with Gasteiger partial charge in [0.1, 0.15) is 0 Å². The summed E-state index contributed by atoms with van der Waals surface area (Å²) in [5, 5.41) is 2.72. The molecule has 0 aromatic heterocycles. The standard InChI is InChI=1S/C9H11NOSe/c1-7(11)10-8-3-5-9(12-2)6-4-8/h3-6H,1-2H3,(H,10,11). The number of amides is 1. The van der Waals surface area contributed by atoms with Gasteiger partial charge in [0.05, 0.1) is 0 Å². The first kappa shape index (κ1) is 9.30. The van der Waals surface area contributed by atoms with E-state index in [2.05, 4.69) is 11.1 Å². The number of hydrogen-bond donors (Lipinski definition) is 1. The second-order valence-electron chi connectivity index (χ2n) is 2.41. The van der Waals surface area contributed by atoms with Gasteiger partial charge in [0.2, 0.25) is 0 Å². The van der Waals surface area contributed by atoms with Gasteiger partial charge >= 0.3 is 78.1 Å². The normalized spacial score (nSPS) is 9.50. The van der Waals surface area contributed by atoms with Gasteiger partial charge in [-0.2, -0.15) is 0 Å². The number of nitrogens with one attached hydrogen (secondary N) is 1. The fourth-order valence-electron chi connectivity index (χ4n) is 0.878. The monoisotopic (exact) mass is 229 g/mol. The Kier molecular flexibility index (Phi) is 3.32. The first-order valence-corrected chi connectivity index (χ1v) is 6.21. The maximum absolute atomic E-state index is 10.7.